The van der Waals surface area contributed by atoms with E-state index in [2.05, 4.69) is 10.1 Å². The molecular formula is C12H18ClN5O2. The lowest BCUT2D eigenvalue weighted by Crippen LogP contribution is -2.20. The number of primary amides is 1. The Morgan fingerprint density at radius 3 is 2.85 bits per heavy atom. The van der Waals surface area contributed by atoms with Gasteiger partial charge in [-0.25, -0.2) is 9.67 Å². The third-order valence-electron chi connectivity index (χ3n) is 3.00. The van der Waals surface area contributed by atoms with E-state index in [0.717, 1.165) is 29.2 Å². The zero-order valence-corrected chi connectivity index (χ0v) is 12.4. The number of hydrogen-bond acceptors (Lipinski definition) is 4. The summed E-state index contributed by atoms with van der Waals surface area (Å²) in [6.45, 7) is 5.53. The van der Waals surface area contributed by atoms with Crippen LogP contribution in [0.25, 0.3) is 11.2 Å². The first kappa shape index (κ1) is 14.8. The van der Waals surface area contributed by atoms with Gasteiger partial charge in [-0.15, -0.1) is 11.6 Å². The summed E-state index contributed by atoms with van der Waals surface area (Å²) in [5, 5.41) is 4.44. The molecule has 0 aliphatic carbocycles. The first-order chi connectivity index (χ1) is 9.58. The van der Waals surface area contributed by atoms with Gasteiger partial charge in [0.1, 0.15) is 17.9 Å². The van der Waals surface area contributed by atoms with Crippen molar-refractivity contribution in [3.8, 4) is 0 Å². The summed E-state index contributed by atoms with van der Waals surface area (Å²) in [6, 6.07) is 0. The Bertz CT molecular complexity index is 619. The third-order valence-corrected chi connectivity index (χ3v) is 3.24. The zero-order chi connectivity index (χ0) is 14.7. The van der Waals surface area contributed by atoms with Gasteiger partial charge >= 0.3 is 0 Å². The number of imidazole rings is 1. The first-order valence-corrected chi connectivity index (χ1v) is 6.96. The second-order valence-corrected chi connectivity index (χ2v) is 4.67. The van der Waals surface area contributed by atoms with Crippen molar-refractivity contribution in [3.05, 3.63) is 11.5 Å². The maximum atomic E-state index is 10.6. The molecule has 2 aromatic heterocycles. The van der Waals surface area contributed by atoms with Gasteiger partial charge in [-0.05, 0) is 13.8 Å². The molecule has 0 saturated heterocycles. The van der Waals surface area contributed by atoms with Crippen LogP contribution in [0.2, 0.25) is 0 Å². The molecule has 0 atom stereocenters. The normalized spacial score (nSPS) is 11.3. The summed E-state index contributed by atoms with van der Waals surface area (Å²) < 4.78 is 9.07. The second-order valence-electron chi connectivity index (χ2n) is 4.41. The quantitative estimate of drug-likeness (QED) is 0.605. The number of alkyl halides is 1. The molecule has 0 aromatic carbocycles. The Balaban J connectivity index is 2.27. The molecular weight excluding hydrogens is 282 g/mol. The summed E-state index contributed by atoms with van der Waals surface area (Å²) >= 11 is 5.94. The highest BCUT2D eigenvalue weighted by atomic mass is 35.5. The van der Waals surface area contributed by atoms with Crippen molar-refractivity contribution in [3.63, 3.8) is 0 Å². The molecule has 0 aliphatic rings. The molecule has 2 heterocycles. The Morgan fingerprint density at radius 2 is 2.25 bits per heavy atom. The Labute approximate surface area is 121 Å². The molecule has 2 rings (SSSR count). The van der Waals surface area contributed by atoms with Gasteiger partial charge in [-0.1, -0.05) is 0 Å². The largest absolute Gasteiger partial charge is 0.370 e. The fraction of sp³-hybridized carbons (Fsp3) is 0.583. The van der Waals surface area contributed by atoms with Crippen LogP contribution in [0.3, 0.4) is 0 Å². The number of aryl methyl sites for hydroxylation is 2. The molecule has 110 valence electrons. The van der Waals surface area contributed by atoms with Gasteiger partial charge in [0, 0.05) is 13.1 Å². The van der Waals surface area contributed by atoms with E-state index in [0.29, 0.717) is 19.0 Å². The molecule has 1 amide bonds. The van der Waals surface area contributed by atoms with Crippen LogP contribution in [0.4, 0.5) is 0 Å². The van der Waals surface area contributed by atoms with Crippen molar-refractivity contribution in [1.29, 1.82) is 0 Å². The minimum Gasteiger partial charge on any atom is -0.370 e. The van der Waals surface area contributed by atoms with Crippen LogP contribution in [-0.4, -0.2) is 38.5 Å². The number of nitrogens with zero attached hydrogens (tertiary/aromatic N) is 4. The lowest BCUT2D eigenvalue weighted by molar-refractivity contribution is -0.122. The van der Waals surface area contributed by atoms with Crippen molar-refractivity contribution in [2.45, 2.75) is 32.8 Å². The number of fused-ring (bicyclic) bond motifs is 1. The Hall–Kier alpha value is -1.60. The first-order valence-electron chi connectivity index (χ1n) is 6.43. The number of halogens is 1. The molecule has 0 radical (unpaired) electrons. The highest BCUT2D eigenvalue weighted by molar-refractivity contribution is 6.16. The fourth-order valence-electron chi connectivity index (χ4n) is 2.16. The summed E-state index contributed by atoms with van der Waals surface area (Å²) in [4.78, 5) is 15.2. The SMILES string of the molecule is CCn1nc(C)c2nc(CCl)n(CCOCC(N)=O)c21. The molecule has 2 aromatic rings. The number of aromatic nitrogens is 4. The summed E-state index contributed by atoms with van der Waals surface area (Å²) in [5.74, 6) is 0.605. The molecule has 0 saturated carbocycles. The van der Waals surface area contributed by atoms with Crippen LogP contribution in [0.15, 0.2) is 0 Å². The van der Waals surface area contributed by atoms with E-state index in [1.54, 1.807) is 0 Å². The van der Waals surface area contributed by atoms with Crippen molar-refractivity contribution in [2.75, 3.05) is 13.2 Å². The van der Waals surface area contributed by atoms with Gasteiger partial charge in [0.15, 0.2) is 5.65 Å². The number of nitrogens with two attached hydrogens (primary N) is 1. The fourth-order valence-corrected chi connectivity index (χ4v) is 2.36. The topological polar surface area (TPSA) is 88.0 Å². The summed E-state index contributed by atoms with van der Waals surface area (Å²) in [6.07, 6.45) is 0. The van der Waals surface area contributed by atoms with E-state index in [1.165, 1.54) is 0 Å². The summed E-state index contributed by atoms with van der Waals surface area (Å²) in [5.41, 5.74) is 7.70. The zero-order valence-electron chi connectivity index (χ0n) is 11.6. The average Bonchev–Trinajstić information content (AvgIpc) is 2.92. The van der Waals surface area contributed by atoms with Crippen LogP contribution in [0.5, 0.6) is 0 Å². The van der Waals surface area contributed by atoms with Crippen LogP contribution >= 0.6 is 11.6 Å². The molecule has 0 unspecified atom stereocenters. The third kappa shape index (κ3) is 2.78. The minimum absolute atomic E-state index is 0.0832. The van der Waals surface area contributed by atoms with E-state index in [9.17, 15) is 4.79 Å². The lowest BCUT2D eigenvalue weighted by Gasteiger charge is -2.09. The van der Waals surface area contributed by atoms with E-state index in [-0.39, 0.29) is 6.61 Å². The Morgan fingerprint density at radius 1 is 1.50 bits per heavy atom. The second kappa shape index (κ2) is 6.23. The predicted molar refractivity (Wildman–Crippen MR) is 75.5 cm³/mol. The van der Waals surface area contributed by atoms with Gasteiger partial charge in [0.05, 0.1) is 18.2 Å². The van der Waals surface area contributed by atoms with Gasteiger partial charge < -0.3 is 15.0 Å². The van der Waals surface area contributed by atoms with E-state index in [1.807, 2.05) is 23.1 Å². The highest BCUT2D eigenvalue weighted by Gasteiger charge is 2.17. The van der Waals surface area contributed by atoms with Gasteiger partial charge in [0.25, 0.3) is 0 Å². The van der Waals surface area contributed by atoms with E-state index < -0.39 is 5.91 Å². The molecule has 7 nitrogen and oxygen atoms in total. The number of amides is 1. The molecule has 20 heavy (non-hydrogen) atoms. The molecule has 0 fully saturated rings. The van der Waals surface area contributed by atoms with Crippen molar-refractivity contribution < 1.29 is 9.53 Å². The monoisotopic (exact) mass is 299 g/mol. The lowest BCUT2D eigenvalue weighted by atomic mass is 10.4. The van der Waals surface area contributed by atoms with Crippen LogP contribution in [0.1, 0.15) is 18.4 Å². The molecule has 8 heteroatoms. The number of carbonyl (C=O) groups excluding carboxylic acids is 1. The molecule has 2 N–H and O–H groups in total. The number of rotatable bonds is 7. The standard InChI is InChI=1S/C12H18ClN5O2/c1-3-18-12-11(8(2)16-18)15-10(6-13)17(12)4-5-20-7-9(14)19/h3-7H2,1-2H3,(H2,14,19). The van der Waals surface area contributed by atoms with E-state index in [4.69, 9.17) is 22.1 Å². The Kier molecular flexibility index (Phi) is 4.61. The molecule has 0 aliphatic heterocycles. The molecule has 0 bridgehead atoms. The van der Waals surface area contributed by atoms with Crippen LogP contribution < -0.4 is 5.73 Å². The number of hydrogen-bond donors (Lipinski definition) is 1. The molecule has 0 spiro atoms. The summed E-state index contributed by atoms with van der Waals surface area (Å²) in [7, 11) is 0. The van der Waals surface area contributed by atoms with Gasteiger partial charge in [-0.3, -0.25) is 4.79 Å². The smallest absolute Gasteiger partial charge is 0.243 e. The van der Waals surface area contributed by atoms with E-state index >= 15 is 0 Å². The number of ether oxygens (including phenoxy) is 1. The highest BCUT2D eigenvalue weighted by Crippen LogP contribution is 2.20. The van der Waals surface area contributed by atoms with Crippen molar-refractivity contribution >= 4 is 28.7 Å². The number of carbonyl (C=O) groups is 1. The maximum Gasteiger partial charge on any atom is 0.243 e. The van der Waals surface area contributed by atoms with Crippen molar-refractivity contribution in [1.82, 2.24) is 19.3 Å². The predicted octanol–water partition coefficient (Wildman–Crippen LogP) is 0.802. The average molecular weight is 300 g/mol. The maximum absolute atomic E-state index is 10.6. The van der Waals surface area contributed by atoms with Crippen LogP contribution in [-0.2, 0) is 28.5 Å². The van der Waals surface area contributed by atoms with Gasteiger partial charge in [0.2, 0.25) is 5.91 Å². The van der Waals surface area contributed by atoms with Crippen LogP contribution in [0, 0.1) is 6.92 Å². The minimum atomic E-state index is -0.479. The van der Waals surface area contributed by atoms with Crippen molar-refractivity contribution in [2.24, 2.45) is 5.73 Å². The van der Waals surface area contributed by atoms with Gasteiger partial charge in [-0.2, -0.15) is 5.10 Å².